The van der Waals surface area contributed by atoms with Gasteiger partial charge >= 0.3 is 64.0 Å². The molecule has 5 rings (SSSR count). The van der Waals surface area contributed by atoms with Gasteiger partial charge < -0.3 is 128 Å². The molecule has 5 atom stereocenters. The summed E-state index contributed by atoms with van der Waals surface area (Å²) in [6, 6.07) is 27.2. The van der Waals surface area contributed by atoms with Crippen LogP contribution in [-0.2, 0) is 71.7 Å². The number of nitrogens with one attached hydrogen (secondary N) is 8. The van der Waals surface area contributed by atoms with Gasteiger partial charge in [0.05, 0.1) is 72.0 Å². The van der Waals surface area contributed by atoms with Gasteiger partial charge in [0.25, 0.3) is 11.4 Å². The first-order chi connectivity index (χ1) is 60.8. The number of aliphatic hydroxyl groups excluding tert-OH is 1. The number of ether oxygens (including phenoxy) is 4. The number of hydrogen-bond donors (Lipinski definition) is 18. The number of aliphatic carboxylic acids is 2. The van der Waals surface area contributed by atoms with E-state index >= 15 is 0 Å². The molecule has 0 bridgehead atoms. The highest BCUT2D eigenvalue weighted by atomic mass is 35.5. The predicted molar refractivity (Wildman–Crippen MR) is 514 cm³/mol. The van der Waals surface area contributed by atoms with Crippen molar-refractivity contribution in [2.45, 2.75) is 195 Å². The number of amides is 4. The third-order valence-electron chi connectivity index (χ3n) is 14.9. The number of nitro groups is 2. The Morgan fingerprint density at radius 1 is 0.420 bits per heavy atom. The van der Waals surface area contributed by atoms with Gasteiger partial charge in [-0.1, -0.05) is 30.3 Å². The minimum atomic E-state index is -1.20. The number of nitrogens with zero attached hydrogens (tertiary/aromatic N) is 4. The smallest absolute Gasteiger partial charge is 0.374 e. The molecule has 0 saturated carbocycles. The van der Waals surface area contributed by atoms with Crippen LogP contribution in [0, 0.1) is 20.2 Å². The first-order valence-electron chi connectivity index (χ1n) is 40.4. The molecule has 728 valence electrons. The molecule has 41 nitrogen and oxygen atoms in total. The molecule has 0 radical (unpaired) electrons. The highest BCUT2D eigenvalue weighted by molar-refractivity contribution is 6.47. The van der Waals surface area contributed by atoms with Crippen LogP contribution in [0.3, 0.4) is 0 Å². The summed E-state index contributed by atoms with van der Waals surface area (Å²) in [6.45, 7) is 28.9. The number of carbonyl (C=O) groups is 11. The summed E-state index contributed by atoms with van der Waals surface area (Å²) < 4.78 is 20.6. The maximum atomic E-state index is 12.7. The van der Waals surface area contributed by atoms with E-state index in [2.05, 4.69) is 42.2 Å². The third kappa shape index (κ3) is 64.3. The Morgan fingerprint density at radius 2 is 0.672 bits per heavy atom. The van der Waals surface area contributed by atoms with Crippen LogP contribution in [0.25, 0.3) is 0 Å². The zero-order chi connectivity index (χ0) is 101. The molecule has 50 heteroatoms. The van der Waals surface area contributed by atoms with E-state index < -0.39 is 157 Å². The highest BCUT2D eigenvalue weighted by Crippen LogP contribution is 2.25. The Bertz CT molecular complexity index is 4320. The number of anilines is 8. The van der Waals surface area contributed by atoms with Gasteiger partial charge in [-0.25, -0.2) is 0 Å². The van der Waals surface area contributed by atoms with Crippen molar-refractivity contribution in [3.8, 4) is 0 Å². The lowest BCUT2D eigenvalue weighted by Gasteiger charge is -2.24. The summed E-state index contributed by atoms with van der Waals surface area (Å²) in [5.74, 6) is -4.76. The van der Waals surface area contributed by atoms with E-state index in [1.54, 1.807) is 144 Å². The molecule has 0 aliphatic rings. The molecule has 21 N–H and O–H groups in total. The van der Waals surface area contributed by atoms with Gasteiger partial charge in [-0.15, -0.1) is 58.0 Å². The molecule has 0 heterocycles. The van der Waals surface area contributed by atoms with Crippen molar-refractivity contribution in [3.63, 3.8) is 0 Å². The fourth-order valence-corrected chi connectivity index (χ4v) is 10.9. The van der Waals surface area contributed by atoms with Gasteiger partial charge in [0.1, 0.15) is 34.7 Å². The number of nitrogen functional groups attached to an aromatic ring is 2. The number of non-ortho nitro benzene ring substituents is 2. The zero-order valence-electron chi connectivity index (χ0n) is 76.5. The Morgan fingerprint density at radius 3 is 0.924 bits per heavy atom. The van der Waals surface area contributed by atoms with Crippen LogP contribution >= 0.6 is 58.0 Å². The van der Waals surface area contributed by atoms with Crippen molar-refractivity contribution in [3.05, 3.63) is 142 Å². The maximum absolute atomic E-state index is 12.7. The number of carbonyl (C=O) groups excluding carboxylic acids is 9. The lowest BCUT2D eigenvalue weighted by molar-refractivity contribution is -0.385. The number of benzene rings is 5. The number of nitro benzene ring substituents is 2. The van der Waals surface area contributed by atoms with Gasteiger partial charge in [0.2, 0.25) is 23.6 Å². The quantitative estimate of drug-likeness (QED) is 0.00259. The Hall–Kier alpha value is -10.2. The standard InChI is InChI=1S/C19H30BCl2N3O4.C15H22BN3O6.C15H24BN3O4.C14H19Cl2N3O3.C9H18BNO5.C6H6N2O2.C2H3ClO.CH4O/c1-19(2,3)29-17(26)13-16(24-20(4)28)18(27)23-14-6-5-7-15(12-14)25(10-8-21)11-9-22;1-15(2,3)25-13(20)9-12(18-16(4)22)14(21)17-10-6-5-7-11(8-10)19(23)24;1-15(2,3)23-13(20)9-12(19-16(4)22)14(21)18-11-7-5-6-10(17)8-11;15-4-6-19(7-5-16)11-3-1-2-10(8-11)18-14(22)12(17)9-13(20)21;1-9(2,3)16-7(12)5-6(8(13)14)11-10(4)15;7-5-2-1-3-6(4-5)8(9)10;3-1-2-4;1-2/h5-7,12,16,24,28H,8-11,13H2,1-4H3,(H,23,27);5-8,12,18,22H,9H2,1-4H3,(H,17,21);5-8,12,19,22H,9,17H2,1-4H3,(H,18,21);1-3,8,12H,4-7,9,17H2,(H,18,22)(H,20,21);6,11,15H,5H2,1-4H3,(H,13,14);1-4H,7H2;2H,1H2;2H,1H3/t16-;3*12-;6-;;;/m11111.../s1. The topological polar surface area (TPSA) is 633 Å². The largest absolute Gasteiger partial charge is 0.481 e. The number of nitrogens with two attached hydrogens (primary N) is 3. The van der Waals surface area contributed by atoms with Gasteiger partial charge in [-0.05, 0) is 177 Å². The Labute approximate surface area is 789 Å². The minimum absolute atomic E-state index is 0.0278. The zero-order valence-corrected chi connectivity index (χ0v) is 80.3. The molecule has 5 aromatic rings. The lowest BCUT2D eigenvalue weighted by atomic mass is 9.86. The molecule has 5 aromatic carbocycles. The fraction of sp³-hybridized carbons (Fsp3) is 0.494. The van der Waals surface area contributed by atoms with E-state index in [0.29, 0.717) is 84.4 Å². The molecule has 0 unspecified atom stereocenters. The second kappa shape index (κ2) is 66.2. The monoisotopic (exact) mass is 1940 g/mol. The second-order valence-electron chi connectivity index (χ2n) is 31.7. The van der Waals surface area contributed by atoms with E-state index in [0.717, 1.165) is 18.5 Å². The van der Waals surface area contributed by atoms with Crippen molar-refractivity contribution in [1.29, 1.82) is 0 Å². The van der Waals surface area contributed by atoms with E-state index in [9.17, 15) is 83.2 Å². The average Bonchev–Trinajstić information content (AvgIpc) is 0.822. The summed E-state index contributed by atoms with van der Waals surface area (Å²) in [4.78, 5) is 151. The van der Waals surface area contributed by atoms with Gasteiger partial charge in [-0.2, -0.15) is 0 Å². The molecule has 0 fully saturated rings. The normalized spacial score (nSPS) is 11.7. The first kappa shape index (κ1) is 125. The minimum Gasteiger partial charge on any atom is -0.481 e. The predicted octanol–water partition coefficient (Wildman–Crippen LogP) is 7.84. The van der Waals surface area contributed by atoms with Crippen molar-refractivity contribution >= 4 is 209 Å². The summed E-state index contributed by atoms with van der Waals surface area (Å²) >= 11 is 28.1. The molecule has 0 aliphatic heterocycles. The number of esters is 4. The second-order valence-corrected chi connectivity index (χ2v) is 33.5. The number of aldehydes is 1. The van der Waals surface area contributed by atoms with Crippen molar-refractivity contribution in [1.82, 2.24) is 20.9 Å². The summed E-state index contributed by atoms with van der Waals surface area (Å²) in [6.07, 6.45) is -0.813. The van der Waals surface area contributed by atoms with Crippen LogP contribution in [0.4, 0.5) is 56.9 Å². The van der Waals surface area contributed by atoms with Crippen LogP contribution in [0.2, 0.25) is 27.3 Å². The molecular formula is C81H126B4Cl5N15O26. The number of carboxylic acid groups (broad SMARTS) is 2. The van der Waals surface area contributed by atoms with Gasteiger partial charge in [0.15, 0.2) is 0 Å². The van der Waals surface area contributed by atoms with Crippen molar-refractivity contribution < 1.29 is 117 Å². The molecule has 0 spiro atoms. The van der Waals surface area contributed by atoms with E-state index in [1.807, 2.05) is 34.1 Å². The third-order valence-corrected chi connectivity index (χ3v) is 15.7. The summed E-state index contributed by atoms with van der Waals surface area (Å²) in [7, 11) is -2.96. The van der Waals surface area contributed by atoms with E-state index in [-0.39, 0.29) is 48.6 Å². The van der Waals surface area contributed by atoms with Crippen LogP contribution in [0.1, 0.15) is 115 Å². The number of halogens is 5. The number of hydrogen-bond acceptors (Lipinski definition) is 33. The summed E-state index contributed by atoms with van der Waals surface area (Å²) in [5, 5.41) is 104. The van der Waals surface area contributed by atoms with Crippen LogP contribution in [0.15, 0.2) is 121 Å². The molecule has 0 aromatic heterocycles. The maximum Gasteiger partial charge on any atom is 0.374 e. The summed E-state index contributed by atoms with van der Waals surface area (Å²) in [5.41, 5.74) is 18.1. The molecular weight excluding hydrogens is 1820 g/mol. The van der Waals surface area contributed by atoms with E-state index in [1.165, 1.54) is 63.7 Å². The van der Waals surface area contributed by atoms with Gasteiger partial charge in [-0.3, -0.25) is 68.2 Å². The molecule has 131 heavy (non-hydrogen) atoms. The Kier molecular flexibility index (Phi) is 63.1. The molecule has 0 aliphatic carbocycles. The number of rotatable bonds is 40. The van der Waals surface area contributed by atoms with Crippen LogP contribution < -0.4 is 69.2 Å². The fourth-order valence-electron chi connectivity index (χ4n) is 10.1. The lowest BCUT2D eigenvalue weighted by Crippen LogP contribution is -2.48. The Balaban J connectivity index is -0.00000151. The highest BCUT2D eigenvalue weighted by Gasteiger charge is 2.32. The van der Waals surface area contributed by atoms with Crippen LogP contribution in [-0.4, -0.2) is 254 Å². The van der Waals surface area contributed by atoms with E-state index in [4.69, 9.17) is 119 Å². The number of alkyl halides is 5. The molecule has 4 amide bonds. The van der Waals surface area contributed by atoms with Crippen LogP contribution in [0.5, 0.6) is 0 Å². The SMILES string of the molecule is CB(O)N[C@H](CC(=O)OC(C)(C)C)C(=O)Nc1cccc(N(CCCl)CCCl)c1.CB(O)N[C@H](CC(=O)OC(C)(C)C)C(=O)Nc1cccc(N)c1.CB(O)N[C@H](CC(=O)OC(C)(C)C)C(=O)Nc1cccc([N+](=O)[O-])c1.CB(O)N[C@H](CC(=O)OC(C)(C)C)C(=O)O.CO.N[C@H](CC(=O)O)C(=O)Nc1cccc(N(CCCl)CCCl)c1.Nc1cccc([N+](=O)[O-])c1.O=CCCl. The van der Waals surface area contributed by atoms with Gasteiger partial charge in [0, 0.05) is 127 Å². The number of carboxylic acids is 2. The van der Waals surface area contributed by atoms with Crippen molar-refractivity contribution in [2.75, 3.05) is 105 Å². The van der Waals surface area contributed by atoms with Crippen molar-refractivity contribution in [2.24, 2.45) is 5.73 Å². The molecule has 0 saturated heterocycles. The average molecular weight is 1950 g/mol. The first-order valence-corrected chi connectivity index (χ1v) is 43.0. The number of aliphatic hydroxyl groups is 1.